The van der Waals surface area contributed by atoms with Crippen LogP contribution in [0.2, 0.25) is 0 Å². The Kier molecular flexibility index (Phi) is 24.0. The number of Topliss-reactive ketones (excluding diaryl/α,β-unsaturated/α-hetero) is 3. The second-order valence-electron chi connectivity index (χ2n) is 20.9. The number of piperidine rings is 1. The number of fused-ring (bicyclic) bond motifs is 3. The minimum Gasteiger partial charge on any atom is -0.460 e. The van der Waals surface area contributed by atoms with Crippen LogP contribution in [-0.4, -0.2) is 146 Å². The van der Waals surface area contributed by atoms with Crippen molar-refractivity contribution < 1.29 is 67.4 Å². The number of hydrogen-bond acceptors (Lipinski definition) is 14. The molecule has 0 aromatic rings. The van der Waals surface area contributed by atoms with Gasteiger partial charge in [-0.05, 0) is 107 Å². The van der Waals surface area contributed by atoms with Crippen LogP contribution in [0.25, 0.3) is 0 Å². The first-order valence-corrected chi connectivity index (χ1v) is 26.0. The van der Waals surface area contributed by atoms with Crippen LogP contribution in [0.3, 0.4) is 0 Å². The van der Waals surface area contributed by atoms with E-state index in [9.17, 15) is 39.0 Å². The minimum atomic E-state index is -2.44. The largest absolute Gasteiger partial charge is 0.460 e. The number of ether oxygens (including phenoxy) is 6. The van der Waals surface area contributed by atoms with E-state index in [0.29, 0.717) is 76.5 Å². The van der Waals surface area contributed by atoms with Crippen molar-refractivity contribution in [3.05, 3.63) is 47.6 Å². The van der Waals surface area contributed by atoms with Gasteiger partial charge in [0, 0.05) is 71.9 Å². The molecule has 0 radical (unpaired) electrons. The summed E-state index contributed by atoms with van der Waals surface area (Å²) < 4.78 is 35.9. The molecule has 3 N–H and O–H groups in total. The van der Waals surface area contributed by atoms with Gasteiger partial charge in [-0.3, -0.25) is 24.0 Å². The Labute approximate surface area is 422 Å². The molecule has 0 spiro atoms. The maximum Gasteiger partial charge on any atom is 0.329 e. The van der Waals surface area contributed by atoms with Crippen molar-refractivity contribution in [1.82, 2.24) is 10.2 Å². The summed E-state index contributed by atoms with van der Waals surface area (Å²) in [4.78, 5) is 83.7. The molecule has 0 unspecified atom stereocenters. The maximum absolute atomic E-state index is 14.5. The Morgan fingerprint density at radius 2 is 1.62 bits per heavy atom. The van der Waals surface area contributed by atoms with Crippen LogP contribution in [0, 0.1) is 35.5 Å². The zero-order valence-electron chi connectivity index (χ0n) is 44.4. The number of nitrogens with zero attached hydrogens (tertiary/aromatic N) is 1. The number of hydrogen-bond donors (Lipinski definition) is 3. The van der Waals surface area contributed by atoms with Crippen LogP contribution in [0.5, 0.6) is 0 Å². The van der Waals surface area contributed by atoms with E-state index in [0.717, 1.165) is 12.0 Å². The second-order valence-corrected chi connectivity index (χ2v) is 20.9. The van der Waals surface area contributed by atoms with Crippen LogP contribution in [0.4, 0.5) is 0 Å². The van der Waals surface area contributed by atoms with Crippen LogP contribution in [0.15, 0.2) is 47.6 Å². The van der Waals surface area contributed by atoms with Crippen molar-refractivity contribution in [3.8, 4) is 0 Å². The fourth-order valence-corrected chi connectivity index (χ4v) is 10.7. The number of carbonyl (C=O) groups is 6. The van der Waals surface area contributed by atoms with E-state index in [2.05, 4.69) is 5.32 Å². The number of esters is 1. The van der Waals surface area contributed by atoms with Gasteiger partial charge in [-0.15, -0.1) is 0 Å². The normalized spacial score (nSPS) is 37.9. The highest BCUT2D eigenvalue weighted by molar-refractivity contribution is 6.39. The molecular formula is C55H86N2O14. The van der Waals surface area contributed by atoms with Gasteiger partial charge in [-0.2, -0.15) is 0 Å². The molecule has 4 aliphatic rings. The fraction of sp³-hybridized carbons (Fsp3) is 0.745. The van der Waals surface area contributed by atoms with E-state index in [1.165, 1.54) is 18.9 Å². The molecule has 0 aromatic carbocycles. The summed E-state index contributed by atoms with van der Waals surface area (Å²) >= 11 is 0. The van der Waals surface area contributed by atoms with E-state index in [1.54, 1.807) is 41.1 Å². The number of cyclic esters (lactones) is 1. The lowest BCUT2D eigenvalue weighted by atomic mass is 9.78. The lowest BCUT2D eigenvalue weighted by Gasteiger charge is -2.42. The number of ketones is 3. The Morgan fingerprint density at radius 3 is 2.30 bits per heavy atom. The van der Waals surface area contributed by atoms with Gasteiger partial charge in [0.1, 0.15) is 30.1 Å². The monoisotopic (exact) mass is 999 g/mol. The van der Waals surface area contributed by atoms with Gasteiger partial charge in [-0.1, -0.05) is 71.1 Å². The predicted molar refractivity (Wildman–Crippen MR) is 268 cm³/mol. The molecule has 15 atom stereocenters. The molecule has 2 amide bonds. The minimum absolute atomic E-state index is 0.0114. The number of nitrogens with one attached hydrogen (secondary N) is 1. The van der Waals surface area contributed by atoms with Crippen LogP contribution >= 0.6 is 0 Å². The van der Waals surface area contributed by atoms with E-state index in [1.807, 2.05) is 58.1 Å². The molecule has 16 nitrogen and oxygen atoms in total. The molecule has 3 heterocycles. The highest BCUT2D eigenvalue weighted by Crippen LogP contribution is 2.38. The molecule has 1 saturated carbocycles. The highest BCUT2D eigenvalue weighted by Gasteiger charge is 2.53. The molecular weight excluding hydrogens is 913 g/mol. The highest BCUT2D eigenvalue weighted by atomic mass is 16.6. The summed E-state index contributed by atoms with van der Waals surface area (Å²) in [5, 5.41) is 26.2. The topological polar surface area (TPSA) is 214 Å². The quantitative estimate of drug-likeness (QED) is 0.0944. The van der Waals surface area contributed by atoms with Gasteiger partial charge in [-0.25, -0.2) is 4.79 Å². The number of methoxy groups -OCH3 is 3. The first kappa shape index (κ1) is 59.7. The van der Waals surface area contributed by atoms with E-state index >= 15 is 0 Å². The lowest BCUT2D eigenvalue weighted by Crippen LogP contribution is -2.61. The van der Waals surface area contributed by atoms with Crippen LogP contribution in [0.1, 0.15) is 132 Å². The van der Waals surface area contributed by atoms with Crippen molar-refractivity contribution in [2.75, 3.05) is 41.0 Å². The number of carbonyl (C=O) groups excluding carboxylic acids is 6. The smallest absolute Gasteiger partial charge is 0.329 e. The van der Waals surface area contributed by atoms with Crippen molar-refractivity contribution in [2.45, 2.75) is 187 Å². The summed E-state index contributed by atoms with van der Waals surface area (Å²) in [7, 11) is 4.59. The Morgan fingerprint density at radius 1 is 0.887 bits per heavy atom. The number of rotatable bonds is 10. The van der Waals surface area contributed by atoms with Gasteiger partial charge in [0.15, 0.2) is 5.78 Å². The lowest BCUT2D eigenvalue weighted by molar-refractivity contribution is -0.265. The van der Waals surface area contributed by atoms with E-state index in [4.69, 9.17) is 28.4 Å². The maximum atomic E-state index is 14.5. The average molecular weight is 999 g/mol. The Bertz CT molecular complexity index is 1930. The SMILES string of the molecule is CO[C@H]1C[C@@H]2CC[C@@H](C)[C@@](O)(O2)C(=O)C(=O)N2CCCC[C@H]2C(=O)O[C@H]([C@H](C)C[C@H]2CC[C@@H](OCCNC(C)=O)[C@H](OC)C2)CC(=O)[C@H](C)/C=C(\C)[C@@H](O)[C@@H](OC)C(=O)[C@H](C)C[C@H](C)\C=C/C=C/C=C/1C. The molecule has 71 heavy (non-hydrogen) atoms. The third kappa shape index (κ3) is 16.8. The number of aliphatic hydroxyl groups excluding tert-OH is 1. The molecule has 1 aliphatic carbocycles. The van der Waals surface area contributed by atoms with Crippen molar-refractivity contribution in [2.24, 2.45) is 35.5 Å². The third-order valence-corrected chi connectivity index (χ3v) is 15.3. The molecule has 2 bridgehead atoms. The zero-order valence-corrected chi connectivity index (χ0v) is 44.4. The molecule has 3 aliphatic heterocycles. The Hall–Kier alpha value is -3.90. The van der Waals surface area contributed by atoms with Crippen molar-refractivity contribution >= 4 is 35.1 Å². The molecule has 16 heteroatoms. The standard InChI is InChI=1S/C55H86N2O14/c1-33-17-13-12-14-18-34(2)46(66-9)31-42-22-20-39(7)55(65,71-42)52(62)53(63)57-25-16-15-19-43(57)54(64)70-47(32-44(59)35(3)28-38(6)50(61)51(68-11)49(60)37(5)27-33)36(4)29-41-21-23-45(48(30-41)67-10)69-26-24-56-40(8)58/h12-14,17-18,28,33,35-37,39,41-43,45-48,50-51,61,65H,15-16,19-27,29-32H2,1-11H3,(H,56,58)/b14-12+,17-13-,34-18+,38-28+/t33-,35-,36-,37-,39-,41-,42+,43+,45-,46+,47+,48-,50-,51+,55-/m1/s1. The molecule has 2 saturated heterocycles. The van der Waals surface area contributed by atoms with Gasteiger partial charge in [0.2, 0.25) is 11.7 Å². The summed E-state index contributed by atoms with van der Waals surface area (Å²) in [6.07, 6.45) is 11.9. The summed E-state index contributed by atoms with van der Waals surface area (Å²) in [5.74, 6) is -8.17. The molecule has 3 fully saturated rings. The number of allylic oxidation sites excluding steroid dienone is 6. The Balaban J connectivity index is 1.68. The van der Waals surface area contributed by atoms with Gasteiger partial charge in [0.25, 0.3) is 11.7 Å². The number of aliphatic hydroxyl groups is 2. The first-order valence-electron chi connectivity index (χ1n) is 26.0. The van der Waals surface area contributed by atoms with E-state index < -0.39 is 77.8 Å². The molecule has 0 aromatic heterocycles. The van der Waals surface area contributed by atoms with Crippen molar-refractivity contribution in [1.29, 1.82) is 0 Å². The van der Waals surface area contributed by atoms with Crippen molar-refractivity contribution in [3.63, 3.8) is 0 Å². The van der Waals surface area contributed by atoms with E-state index in [-0.39, 0.29) is 66.8 Å². The average Bonchev–Trinajstić information content (AvgIpc) is 3.34. The fourth-order valence-electron chi connectivity index (χ4n) is 10.7. The van der Waals surface area contributed by atoms with Gasteiger partial charge < -0.3 is 48.9 Å². The first-order chi connectivity index (χ1) is 33.6. The summed E-state index contributed by atoms with van der Waals surface area (Å²) in [6, 6.07) is -1.15. The molecule has 4 rings (SSSR count). The summed E-state index contributed by atoms with van der Waals surface area (Å²) in [5.41, 5.74) is 1.26. The van der Waals surface area contributed by atoms with Gasteiger partial charge in [0.05, 0.1) is 31.0 Å². The predicted octanol–water partition coefficient (Wildman–Crippen LogP) is 6.34. The number of amides is 2. The molecule has 400 valence electrons. The van der Waals surface area contributed by atoms with Crippen LogP contribution < -0.4 is 5.32 Å². The second kappa shape index (κ2) is 28.5. The van der Waals surface area contributed by atoms with Crippen LogP contribution in [-0.2, 0) is 57.2 Å². The summed E-state index contributed by atoms with van der Waals surface area (Å²) in [6.45, 7) is 14.9. The van der Waals surface area contributed by atoms with Gasteiger partial charge >= 0.3 is 5.97 Å². The third-order valence-electron chi connectivity index (χ3n) is 15.3. The zero-order chi connectivity index (χ0) is 52.6.